The number of hydrogen-bond donors (Lipinski definition) is 1. The SMILES string of the molecule is CC[C@H]1O[C@H](c2ccccc2)[C@]2(C(=O)N(Cc3ccccc3)[C@@H]2c2ccccc2)[C@@H]1O. The highest BCUT2D eigenvalue weighted by molar-refractivity contribution is 5.93. The van der Waals surface area contributed by atoms with E-state index in [0.29, 0.717) is 13.0 Å². The first-order valence-electron chi connectivity index (χ1n) is 11.0. The van der Waals surface area contributed by atoms with Crippen LogP contribution in [-0.2, 0) is 16.1 Å². The van der Waals surface area contributed by atoms with Crippen molar-refractivity contribution in [2.75, 3.05) is 0 Å². The molecule has 0 aliphatic carbocycles. The molecule has 2 aliphatic heterocycles. The van der Waals surface area contributed by atoms with Gasteiger partial charge in [0, 0.05) is 6.54 Å². The fourth-order valence-corrected chi connectivity index (χ4v) is 5.38. The average Bonchev–Trinajstić information content (AvgIpc) is 3.14. The third-order valence-corrected chi connectivity index (χ3v) is 6.80. The maximum absolute atomic E-state index is 13.9. The van der Waals surface area contributed by atoms with Crippen molar-refractivity contribution in [1.82, 2.24) is 4.90 Å². The van der Waals surface area contributed by atoms with Gasteiger partial charge in [-0.15, -0.1) is 0 Å². The molecular formula is C27H27NO3. The van der Waals surface area contributed by atoms with Gasteiger partial charge in [0.1, 0.15) is 11.5 Å². The number of aliphatic hydroxyl groups is 1. The summed E-state index contributed by atoms with van der Waals surface area (Å²) in [5.41, 5.74) is 2.01. The Hall–Kier alpha value is -2.95. The van der Waals surface area contributed by atoms with Crippen LogP contribution in [0.25, 0.3) is 0 Å². The molecule has 3 aromatic rings. The second-order valence-electron chi connectivity index (χ2n) is 8.48. The lowest BCUT2D eigenvalue weighted by Crippen LogP contribution is -2.68. The Morgan fingerprint density at radius 3 is 2.00 bits per heavy atom. The molecule has 4 heteroatoms. The quantitative estimate of drug-likeness (QED) is 0.619. The molecule has 2 aliphatic rings. The van der Waals surface area contributed by atoms with E-state index in [1.165, 1.54) is 0 Å². The largest absolute Gasteiger partial charge is 0.389 e. The van der Waals surface area contributed by atoms with Crippen LogP contribution in [0.4, 0.5) is 0 Å². The topological polar surface area (TPSA) is 49.8 Å². The highest BCUT2D eigenvalue weighted by Crippen LogP contribution is 2.64. The number of likely N-dealkylation sites (tertiary alicyclic amines) is 1. The molecule has 2 saturated heterocycles. The van der Waals surface area contributed by atoms with Gasteiger partial charge in [-0.2, -0.15) is 0 Å². The maximum atomic E-state index is 13.9. The van der Waals surface area contributed by atoms with E-state index in [4.69, 9.17) is 4.74 Å². The molecule has 4 nitrogen and oxygen atoms in total. The standard InChI is InChI=1S/C27H27NO3/c1-2-22-24(29)27(25(31-22)21-16-10-5-11-17-21)23(20-14-8-4-9-15-20)28(26(27)30)18-19-12-6-3-7-13-19/h3-17,22-25,29H,2,18H2,1H3/t22-,23-,24-,25-,27-/m1/s1. The minimum absolute atomic E-state index is 0.0393. The van der Waals surface area contributed by atoms with Crippen LogP contribution in [0.15, 0.2) is 91.0 Å². The fourth-order valence-electron chi connectivity index (χ4n) is 5.38. The summed E-state index contributed by atoms with van der Waals surface area (Å²) in [6, 6.07) is 29.7. The zero-order chi connectivity index (χ0) is 21.4. The molecule has 2 fully saturated rings. The van der Waals surface area contributed by atoms with E-state index in [-0.39, 0.29) is 18.1 Å². The Morgan fingerprint density at radius 2 is 1.42 bits per heavy atom. The average molecular weight is 414 g/mol. The molecule has 0 unspecified atom stereocenters. The second-order valence-corrected chi connectivity index (χ2v) is 8.48. The normalized spacial score (nSPS) is 29.9. The maximum Gasteiger partial charge on any atom is 0.237 e. The van der Waals surface area contributed by atoms with Crippen LogP contribution >= 0.6 is 0 Å². The van der Waals surface area contributed by atoms with Crippen LogP contribution in [0.5, 0.6) is 0 Å². The van der Waals surface area contributed by atoms with Gasteiger partial charge in [-0.1, -0.05) is 97.9 Å². The Balaban J connectivity index is 1.63. The van der Waals surface area contributed by atoms with Crippen molar-refractivity contribution in [2.24, 2.45) is 5.41 Å². The van der Waals surface area contributed by atoms with Crippen molar-refractivity contribution in [3.8, 4) is 0 Å². The van der Waals surface area contributed by atoms with Gasteiger partial charge in [0.2, 0.25) is 5.91 Å². The molecule has 3 aromatic carbocycles. The minimum Gasteiger partial charge on any atom is -0.389 e. The minimum atomic E-state index is -1.03. The Morgan fingerprint density at radius 1 is 0.871 bits per heavy atom. The number of benzene rings is 3. The van der Waals surface area contributed by atoms with Crippen molar-refractivity contribution in [3.63, 3.8) is 0 Å². The van der Waals surface area contributed by atoms with E-state index in [0.717, 1.165) is 16.7 Å². The molecule has 1 amide bonds. The van der Waals surface area contributed by atoms with E-state index in [2.05, 4.69) is 0 Å². The Labute approximate surface area is 183 Å². The predicted molar refractivity (Wildman–Crippen MR) is 119 cm³/mol. The number of rotatable bonds is 5. The highest BCUT2D eigenvalue weighted by Gasteiger charge is 2.73. The zero-order valence-electron chi connectivity index (χ0n) is 17.6. The second kappa shape index (κ2) is 7.95. The van der Waals surface area contributed by atoms with Crippen molar-refractivity contribution < 1.29 is 14.6 Å². The van der Waals surface area contributed by atoms with Gasteiger partial charge in [0.25, 0.3) is 0 Å². The first-order valence-corrected chi connectivity index (χ1v) is 11.0. The number of hydrogen-bond acceptors (Lipinski definition) is 3. The third-order valence-electron chi connectivity index (χ3n) is 6.80. The summed E-state index contributed by atoms with van der Waals surface area (Å²) in [5.74, 6) is -0.0393. The monoisotopic (exact) mass is 413 g/mol. The Kier molecular flexibility index (Phi) is 5.12. The van der Waals surface area contributed by atoms with Crippen molar-refractivity contribution >= 4 is 5.91 Å². The molecule has 1 spiro atoms. The molecule has 0 aromatic heterocycles. The first kappa shape index (κ1) is 20.0. The predicted octanol–water partition coefficient (Wildman–Crippen LogP) is 4.67. The summed E-state index contributed by atoms with van der Waals surface area (Å²) in [4.78, 5) is 15.8. The van der Waals surface area contributed by atoms with Gasteiger partial charge < -0.3 is 14.7 Å². The van der Waals surface area contributed by atoms with E-state index in [9.17, 15) is 9.90 Å². The van der Waals surface area contributed by atoms with Gasteiger partial charge in [0.15, 0.2) is 0 Å². The summed E-state index contributed by atoms with van der Waals surface area (Å²) in [6.07, 6.45) is -1.08. The summed E-state index contributed by atoms with van der Waals surface area (Å²) < 4.78 is 6.39. The van der Waals surface area contributed by atoms with Gasteiger partial charge in [-0.3, -0.25) is 4.79 Å². The summed E-state index contributed by atoms with van der Waals surface area (Å²) in [6.45, 7) is 2.50. The first-order chi connectivity index (χ1) is 15.2. The molecule has 0 radical (unpaired) electrons. The van der Waals surface area contributed by atoms with Crippen molar-refractivity contribution in [2.45, 2.75) is 44.2 Å². The van der Waals surface area contributed by atoms with E-state index >= 15 is 0 Å². The molecule has 31 heavy (non-hydrogen) atoms. The molecular weight excluding hydrogens is 386 g/mol. The van der Waals surface area contributed by atoms with Crippen molar-refractivity contribution in [1.29, 1.82) is 0 Å². The molecule has 0 bridgehead atoms. The molecule has 158 valence electrons. The Bertz CT molecular complexity index is 1040. The van der Waals surface area contributed by atoms with Crippen molar-refractivity contribution in [3.05, 3.63) is 108 Å². The number of amides is 1. The van der Waals surface area contributed by atoms with Crippen LogP contribution in [0.2, 0.25) is 0 Å². The lowest BCUT2D eigenvalue weighted by Gasteiger charge is -2.57. The van der Waals surface area contributed by atoms with Gasteiger partial charge in [0.05, 0.1) is 18.2 Å². The van der Waals surface area contributed by atoms with Crippen LogP contribution in [0, 0.1) is 5.41 Å². The molecule has 5 atom stereocenters. The number of nitrogens with zero attached hydrogens (tertiary/aromatic N) is 1. The van der Waals surface area contributed by atoms with Gasteiger partial charge in [-0.05, 0) is 23.1 Å². The summed E-state index contributed by atoms with van der Waals surface area (Å²) in [5, 5.41) is 11.5. The van der Waals surface area contributed by atoms with E-state index in [1.54, 1.807) is 0 Å². The van der Waals surface area contributed by atoms with E-state index in [1.807, 2.05) is 103 Å². The fraction of sp³-hybridized carbons (Fsp3) is 0.296. The number of ether oxygens (including phenoxy) is 1. The number of carbonyl (C=O) groups is 1. The molecule has 2 heterocycles. The lowest BCUT2D eigenvalue weighted by molar-refractivity contribution is -0.194. The molecule has 5 rings (SSSR count). The van der Waals surface area contributed by atoms with Gasteiger partial charge >= 0.3 is 0 Å². The smallest absolute Gasteiger partial charge is 0.237 e. The molecule has 0 saturated carbocycles. The van der Waals surface area contributed by atoms with E-state index < -0.39 is 17.6 Å². The van der Waals surface area contributed by atoms with Crippen LogP contribution in [0.1, 0.15) is 42.2 Å². The number of carbonyl (C=O) groups excluding carboxylic acids is 1. The van der Waals surface area contributed by atoms with Crippen LogP contribution < -0.4 is 0 Å². The summed E-state index contributed by atoms with van der Waals surface area (Å²) in [7, 11) is 0. The van der Waals surface area contributed by atoms with Crippen LogP contribution in [-0.4, -0.2) is 28.1 Å². The number of β-lactam (4-membered cyclic amide) rings is 1. The molecule has 1 N–H and O–H groups in total. The van der Waals surface area contributed by atoms with Crippen LogP contribution in [0.3, 0.4) is 0 Å². The summed E-state index contributed by atoms with van der Waals surface area (Å²) >= 11 is 0. The van der Waals surface area contributed by atoms with Gasteiger partial charge in [-0.25, -0.2) is 0 Å². The lowest BCUT2D eigenvalue weighted by atomic mass is 9.60. The zero-order valence-corrected chi connectivity index (χ0v) is 17.6. The highest BCUT2D eigenvalue weighted by atomic mass is 16.5. The number of aliphatic hydroxyl groups excluding tert-OH is 1. The third kappa shape index (κ3) is 3.01.